The summed E-state index contributed by atoms with van der Waals surface area (Å²) in [6, 6.07) is 40.8. The molecule has 2 heterocycles. The second kappa shape index (κ2) is 16.3. The fraction of sp³-hybridized carbons (Fsp3) is 0.324. The van der Waals surface area contributed by atoms with Gasteiger partial charge in [-0.3, -0.25) is 0 Å². The van der Waals surface area contributed by atoms with Gasteiger partial charge in [-0.15, -0.1) is 0 Å². The van der Waals surface area contributed by atoms with E-state index in [1.54, 1.807) is 0 Å². The summed E-state index contributed by atoms with van der Waals surface area (Å²) in [4.78, 5) is 4.47. The summed E-state index contributed by atoms with van der Waals surface area (Å²) in [5.74, 6) is 0. The first-order chi connectivity index (χ1) is 22.3. The van der Waals surface area contributed by atoms with Gasteiger partial charge in [0.05, 0.1) is 39.6 Å². The second-order valence-corrected chi connectivity index (χ2v) is 11.1. The molecule has 2 aliphatic heterocycles. The third-order valence-corrected chi connectivity index (χ3v) is 7.73. The molecular formula is C37H40N2O6. The summed E-state index contributed by atoms with van der Waals surface area (Å²) in [7, 11) is 0. The second-order valence-electron chi connectivity index (χ2n) is 11.1. The molecule has 0 bridgehead atoms. The summed E-state index contributed by atoms with van der Waals surface area (Å²) in [6.45, 7) is 2.97. The highest BCUT2D eigenvalue weighted by molar-refractivity contribution is 5.75. The van der Waals surface area contributed by atoms with Crippen molar-refractivity contribution in [2.45, 2.75) is 57.1 Å². The van der Waals surface area contributed by atoms with Gasteiger partial charge in [0.15, 0.2) is 6.23 Å². The van der Waals surface area contributed by atoms with E-state index in [-0.39, 0.29) is 6.61 Å². The summed E-state index contributed by atoms with van der Waals surface area (Å²) in [6.07, 6.45) is -2.69. The molecule has 0 amide bonds. The van der Waals surface area contributed by atoms with Crippen LogP contribution in [0.5, 0.6) is 0 Å². The summed E-state index contributed by atoms with van der Waals surface area (Å²) < 4.78 is 38.8. The minimum atomic E-state index is -0.631. The molecule has 4 aromatic rings. The van der Waals surface area contributed by atoms with E-state index in [9.17, 15) is 0 Å². The smallest absolute Gasteiger partial charge is 0.286 e. The van der Waals surface area contributed by atoms with E-state index >= 15 is 0 Å². The van der Waals surface area contributed by atoms with Crippen molar-refractivity contribution in [2.75, 3.05) is 19.8 Å². The molecule has 1 fully saturated rings. The van der Waals surface area contributed by atoms with Crippen LogP contribution in [-0.4, -0.2) is 56.4 Å². The van der Waals surface area contributed by atoms with Crippen molar-refractivity contribution in [2.24, 2.45) is 4.99 Å². The maximum atomic E-state index is 6.75. The number of hydrogen-bond acceptors (Lipinski definition) is 8. The lowest BCUT2D eigenvalue weighted by molar-refractivity contribution is -0.275. The van der Waals surface area contributed by atoms with Crippen molar-refractivity contribution < 1.29 is 28.4 Å². The first kappa shape index (κ1) is 31.0. The molecule has 0 unspecified atom stereocenters. The summed E-state index contributed by atoms with van der Waals surface area (Å²) >= 11 is 0. The van der Waals surface area contributed by atoms with Crippen molar-refractivity contribution in [1.29, 1.82) is 0 Å². The first-order valence-corrected chi connectivity index (χ1v) is 15.5. The SMILES string of the molecule is c1ccc(COC[C@H]2O[C@H](NC3=NCCO3)[C@H](OCc3ccccc3)[C@@H](OCc3ccccc3)[C@@H]2OCc2ccccc2)cc1. The monoisotopic (exact) mass is 608 g/mol. The van der Waals surface area contributed by atoms with Crippen molar-refractivity contribution in [3.8, 4) is 0 Å². The zero-order valence-corrected chi connectivity index (χ0v) is 25.3. The van der Waals surface area contributed by atoms with Crippen molar-refractivity contribution in [1.82, 2.24) is 5.32 Å². The largest absolute Gasteiger partial charge is 0.463 e. The molecule has 0 spiro atoms. The van der Waals surface area contributed by atoms with Gasteiger partial charge in [-0.1, -0.05) is 121 Å². The van der Waals surface area contributed by atoms with E-state index in [0.717, 1.165) is 22.3 Å². The molecule has 1 N–H and O–H groups in total. The molecule has 0 aliphatic carbocycles. The number of ether oxygens (including phenoxy) is 6. The quantitative estimate of drug-likeness (QED) is 0.198. The molecule has 2 aliphatic rings. The molecule has 8 nitrogen and oxygen atoms in total. The fourth-order valence-electron chi connectivity index (χ4n) is 5.45. The molecule has 45 heavy (non-hydrogen) atoms. The normalized spacial score (nSPS) is 22.8. The molecule has 6 rings (SSSR count). The highest BCUT2D eigenvalue weighted by Gasteiger charge is 2.49. The van der Waals surface area contributed by atoms with Crippen molar-refractivity contribution >= 4 is 6.02 Å². The van der Waals surface area contributed by atoms with Gasteiger partial charge in [-0.25, -0.2) is 4.99 Å². The van der Waals surface area contributed by atoms with Crippen LogP contribution in [0.4, 0.5) is 0 Å². The molecule has 8 heteroatoms. The van der Waals surface area contributed by atoms with Crippen molar-refractivity contribution in [3.05, 3.63) is 144 Å². The molecule has 1 saturated heterocycles. The van der Waals surface area contributed by atoms with Gasteiger partial charge in [-0.05, 0) is 22.3 Å². The minimum absolute atomic E-state index is 0.288. The predicted molar refractivity (Wildman–Crippen MR) is 171 cm³/mol. The summed E-state index contributed by atoms with van der Waals surface area (Å²) in [5.41, 5.74) is 4.23. The van der Waals surface area contributed by atoms with Crippen LogP contribution in [0.2, 0.25) is 0 Å². The van der Waals surface area contributed by atoms with Crippen molar-refractivity contribution in [3.63, 3.8) is 0 Å². The first-order valence-electron chi connectivity index (χ1n) is 15.5. The Morgan fingerprint density at radius 2 is 1.04 bits per heavy atom. The molecule has 0 radical (unpaired) electrons. The Kier molecular flexibility index (Phi) is 11.2. The van der Waals surface area contributed by atoms with Gasteiger partial charge in [-0.2, -0.15) is 0 Å². The highest BCUT2D eigenvalue weighted by Crippen LogP contribution is 2.30. The van der Waals surface area contributed by atoms with Gasteiger partial charge >= 0.3 is 0 Å². The number of rotatable bonds is 14. The van der Waals surface area contributed by atoms with Crippen LogP contribution >= 0.6 is 0 Å². The van der Waals surface area contributed by atoms with E-state index in [2.05, 4.69) is 22.4 Å². The van der Waals surface area contributed by atoms with Gasteiger partial charge in [0.2, 0.25) is 0 Å². The maximum Gasteiger partial charge on any atom is 0.286 e. The van der Waals surface area contributed by atoms with Gasteiger partial charge in [0.25, 0.3) is 6.02 Å². The molecule has 0 aromatic heterocycles. The molecule has 5 atom stereocenters. The number of benzene rings is 4. The Bertz CT molecular complexity index is 1440. The number of hydrogen-bond donors (Lipinski definition) is 1. The van der Waals surface area contributed by atoms with E-state index < -0.39 is 30.6 Å². The third kappa shape index (κ3) is 9.00. The average Bonchev–Trinajstić information content (AvgIpc) is 3.61. The van der Waals surface area contributed by atoms with Crippen LogP contribution in [0.15, 0.2) is 126 Å². The van der Waals surface area contributed by atoms with Crippen LogP contribution in [0.3, 0.4) is 0 Å². The topological polar surface area (TPSA) is 79.8 Å². The van der Waals surface area contributed by atoms with E-state index in [0.29, 0.717) is 45.6 Å². The van der Waals surface area contributed by atoms with Gasteiger partial charge in [0.1, 0.15) is 31.0 Å². The predicted octanol–water partition coefficient (Wildman–Crippen LogP) is 5.66. The molecular weight excluding hydrogens is 568 g/mol. The van der Waals surface area contributed by atoms with E-state index in [1.165, 1.54) is 0 Å². The van der Waals surface area contributed by atoms with E-state index in [1.807, 2.05) is 109 Å². The van der Waals surface area contributed by atoms with Gasteiger partial charge in [0, 0.05) is 0 Å². The maximum absolute atomic E-state index is 6.75. The van der Waals surface area contributed by atoms with Crippen LogP contribution in [0.1, 0.15) is 22.3 Å². The van der Waals surface area contributed by atoms with Crippen LogP contribution in [0.25, 0.3) is 0 Å². The standard InChI is InChI=1S/C37H40N2O6/c1-5-13-28(14-6-1)23-40-27-32-33(42-24-29-15-7-2-8-16-29)34(43-25-30-17-9-3-10-18-30)35(44-26-31-19-11-4-12-20-31)36(45-32)39-37-38-21-22-41-37/h1-20,32-36H,21-27H2,(H,38,39)/t32-,33-,34+,35-,36+/m1/s1. The van der Waals surface area contributed by atoms with E-state index in [4.69, 9.17) is 28.4 Å². The number of nitrogens with one attached hydrogen (secondary N) is 1. The molecule has 4 aromatic carbocycles. The Labute approximate surface area is 264 Å². The Hall–Kier alpha value is -4.05. The lowest BCUT2D eigenvalue weighted by Crippen LogP contribution is -2.65. The van der Waals surface area contributed by atoms with Gasteiger partial charge < -0.3 is 33.7 Å². The highest BCUT2D eigenvalue weighted by atomic mass is 16.6. The molecule has 234 valence electrons. The average molecular weight is 609 g/mol. The minimum Gasteiger partial charge on any atom is -0.463 e. The zero-order valence-electron chi connectivity index (χ0n) is 25.3. The number of nitrogens with zero attached hydrogens (tertiary/aromatic N) is 1. The summed E-state index contributed by atoms with van der Waals surface area (Å²) in [5, 5.41) is 3.35. The number of amidine groups is 1. The zero-order chi connectivity index (χ0) is 30.5. The van der Waals surface area contributed by atoms with Crippen LogP contribution in [-0.2, 0) is 54.8 Å². The Morgan fingerprint density at radius 1 is 0.578 bits per heavy atom. The number of aliphatic imine (C=N–C) groups is 1. The van der Waals surface area contributed by atoms with Crippen LogP contribution in [0, 0.1) is 0 Å². The Morgan fingerprint density at radius 3 is 1.53 bits per heavy atom. The fourth-order valence-corrected chi connectivity index (χ4v) is 5.45. The lowest BCUT2D eigenvalue weighted by Gasteiger charge is -2.46. The third-order valence-electron chi connectivity index (χ3n) is 7.73. The Balaban J connectivity index is 1.29. The lowest BCUT2D eigenvalue weighted by atomic mass is 9.97. The molecule has 0 saturated carbocycles. The van der Waals surface area contributed by atoms with Crippen LogP contribution < -0.4 is 5.32 Å².